The second-order valence-electron chi connectivity index (χ2n) is 6.24. The van der Waals surface area contributed by atoms with Crippen molar-refractivity contribution in [2.24, 2.45) is 5.92 Å². The number of halogens is 2. The van der Waals surface area contributed by atoms with Gasteiger partial charge in [0.15, 0.2) is 5.69 Å². The number of nitrogens with one attached hydrogen (secondary N) is 1. The van der Waals surface area contributed by atoms with Crippen LogP contribution in [-0.2, 0) is 4.74 Å². The Morgan fingerprint density at radius 3 is 2.79 bits per heavy atom. The first-order chi connectivity index (χ1) is 11.6. The van der Waals surface area contributed by atoms with Crippen LogP contribution in [0.5, 0.6) is 5.75 Å². The van der Waals surface area contributed by atoms with E-state index < -0.39 is 12.6 Å². The van der Waals surface area contributed by atoms with E-state index in [0.29, 0.717) is 16.8 Å². The van der Waals surface area contributed by atoms with Crippen LogP contribution in [0.25, 0.3) is 10.9 Å². The van der Waals surface area contributed by atoms with Gasteiger partial charge in [0.25, 0.3) is 0 Å². The highest BCUT2D eigenvalue weighted by atomic mass is 19.3. The molecule has 0 aliphatic carbocycles. The Morgan fingerprint density at radius 2 is 2.12 bits per heavy atom. The molecule has 1 atom stereocenters. The molecule has 8 heteroatoms. The summed E-state index contributed by atoms with van der Waals surface area (Å²) < 4.78 is 34.7. The van der Waals surface area contributed by atoms with Crippen molar-refractivity contribution in [3.05, 3.63) is 23.9 Å². The molecule has 0 spiro atoms. The second-order valence-corrected chi connectivity index (χ2v) is 6.24. The Hall–Kier alpha value is -2.22. The summed E-state index contributed by atoms with van der Waals surface area (Å²) in [5.41, 5.74) is 0.665. The Morgan fingerprint density at radius 1 is 1.33 bits per heavy atom. The van der Waals surface area contributed by atoms with Crippen molar-refractivity contribution in [3.8, 4) is 5.75 Å². The summed E-state index contributed by atoms with van der Waals surface area (Å²) in [5.74, 6) is -0.160. The maximum Gasteiger partial charge on any atom is 0.387 e. The Bertz CT molecular complexity index is 756. The molecule has 0 radical (unpaired) electrons. The summed E-state index contributed by atoms with van der Waals surface area (Å²) in [5, 5.41) is 7.12. The molecule has 1 N–H and O–H groups in total. The predicted molar refractivity (Wildman–Crippen MR) is 81.1 cm³/mol. The lowest BCUT2D eigenvalue weighted by Crippen LogP contribution is -2.51. The second kappa shape index (κ2) is 6.01. The summed E-state index contributed by atoms with van der Waals surface area (Å²) in [7, 11) is 0. The van der Waals surface area contributed by atoms with Crippen LogP contribution < -0.4 is 4.74 Å². The van der Waals surface area contributed by atoms with Gasteiger partial charge in [0.05, 0.1) is 5.52 Å². The minimum Gasteiger partial charge on any atom is -0.456 e. The predicted octanol–water partition coefficient (Wildman–Crippen LogP) is 2.42. The SMILES string of the molecule is O=C(OC1CN2CCC1CC2)c1n[nH]c2ccc(OC(F)F)cc12. The third-order valence-corrected chi connectivity index (χ3v) is 4.81. The molecule has 1 aromatic carbocycles. The van der Waals surface area contributed by atoms with Crippen LogP contribution >= 0.6 is 0 Å². The van der Waals surface area contributed by atoms with Crippen molar-refractivity contribution in [1.29, 1.82) is 0 Å². The van der Waals surface area contributed by atoms with Crippen LogP contribution in [0.4, 0.5) is 8.78 Å². The van der Waals surface area contributed by atoms with Gasteiger partial charge in [-0.15, -0.1) is 0 Å². The summed E-state index contributed by atoms with van der Waals surface area (Å²) in [6.45, 7) is -0.0634. The highest BCUT2D eigenvalue weighted by Crippen LogP contribution is 2.31. The summed E-state index contributed by atoms with van der Waals surface area (Å²) in [4.78, 5) is 14.8. The van der Waals surface area contributed by atoms with Crippen LogP contribution in [0.15, 0.2) is 18.2 Å². The maximum atomic E-state index is 12.5. The molecule has 3 aliphatic heterocycles. The number of esters is 1. The number of carbonyl (C=O) groups is 1. The number of nitrogens with zero attached hydrogens (tertiary/aromatic N) is 2. The van der Waals surface area contributed by atoms with Crippen LogP contribution in [0.1, 0.15) is 23.3 Å². The van der Waals surface area contributed by atoms with Gasteiger partial charge in [-0.2, -0.15) is 13.9 Å². The average Bonchev–Trinajstić information content (AvgIpc) is 2.98. The number of fused-ring (bicyclic) bond motifs is 4. The fourth-order valence-corrected chi connectivity index (χ4v) is 3.56. The smallest absolute Gasteiger partial charge is 0.387 e. The molecule has 3 saturated heterocycles. The molecule has 6 nitrogen and oxygen atoms in total. The first-order valence-corrected chi connectivity index (χ1v) is 7.96. The molecular weight excluding hydrogens is 320 g/mol. The van der Waals surface area contributed by atoms with Gasteiger partial charge < -0.3 is 9.47 Å². The number of aromatic nitrogens is 2. The molecule has 24 heavy (non-hydrogen) atoms. The zero-order valence-corrected chi connectivity index (χ0v) is 12.9. The number of alkyl halides is 2. The molecule has 1 aromatic heterocycles. The van der Waals surface area contributed by atoms with Crippen molar-refractivity contribution in [3.63, 3.8) is 0 Å². The fourth-order valence-electron chi connectivity index (χ4n) is 3.56. The first-order valence-electron chi connectivity index (χ1n) is 7.96. The van der Waals surface area contributed by atoms with Crippen molar-refractivity contribution < 1.29 is 23.0 Å². The Labute approximate surface area is 136 Å². The van der Waals surface area contributed by atoms with Crippen molar-refractivity contribution in [1.82, 2.24) is 15.1 Å². The maximum absolute atomic E-state index is 12.5. The van der Waals surface area contributed by atoms with Gasteiger partial charge in [0.2, 0.25) is 0 Å². The zero-order valence-electron chi connectivity index (χ0n) is 12.9. The monoisotopic (exact) mass is 337 g/mol. The number of rotatable bonds is 4. The highest BCUT2D eigenvalue weighted by Gasteiger charge is 2.37. The van der Waals surface area contributed by atoms with E-state index in [1.807, 2.05) is 0 Å². The van der Waals surface area contributed by atoms with Crippen LogP contribution in [0, 0.1) is 5.92 Å². The average molecular weight is 337 g/mol. The van der Waals surface area contributed by atoms with E-state index in [1.165, 1.54) is 12.1 Å². The van der Waals surface area contributed by atoms with Gasteiger partial charge in [-0.05, 0) is 50.0 Å². The highest BCUT2D eigenvalue weighted by molar-refractivity contribution is 6.02. The number of hydrogen-bond donors (Lipinski definition) is 1. The van der Waals surface area contributed by atoms with Crippen LogP contribution in [0.3, 0.4) is 0 Å². The molecule has 128 valence electrons. The molecule has 1 unspecified atom stereocenters. The minimum atomic E-state index is -2.92. The standard InChI is InChI=1S/C16H17F2N3O3/c17-16(18)23-10-1-2-12-11(7-10)14(20-19-12)15(22)24-13-8-21-5-3-9(13)4-6-21/h1-2,7,9,13,16H,3-6,8H2,(H,19,20). The third-order valence-electron chi connectivity index (χ3n) is 4.81. The Balaban J connectivity index is 1.55. The van der Waals surface area contributed by atoms with E-state index in [0.717, 1.165) is 32.5 Å². The Kier molecular flexibility index (Phi) is 3.84. The number of benzene rings is 1. The van der Waals surface area contributed by atoms with E-state index in [1.54, 1.807) is 6.07 Å². The number of H-pyrrole nitrogens is 1. The number of piperidine rings is 3. The van der Waals surface area contributed by atoms with Crippen molar-refractivity contribution in [2.45, 2.75) is 25.6 Å². The molecule has 0 saturated carbocycles. The van der Waals surface area contributed by atoms with E-state index >= 15 is 0 Å². The van der Waals surface area contributed by atoms with Gasteiger partial charge in [0.1, 0.15) is 11.9 Å². The molecule has 5 rings (SSSR count). The van der Waals surface area contributed by atoms with E-state index in [-0.39, 0.29) is 17.5 Å². The van der Waals surface area contributed by atoms with Gasteiger partial charge in [-0.25, -0.2) is 4.79 Å². The number of ether oxygens (including phenoxy) is 2. The van der Waals surface area contributed by atoms with Crippen molar-refractivity contribution in [2.75, 3.05) is 19.6 Å². The van der Waals surface area contributed by atoms with E-state index in [4.69, 9.17) is 4.74 Å². The largest absolute Gasteiger partial charge is 0.456 e. The van der Waals surface area contributed by atoms with E-state index in [2.05, 4.69) is 19.8 Å². The normalized spacial score (nSPS) is 26.0. The molecule has 4 heterocycles. The first kappa shape index (κ1) is 15.3. The minimum absolute atomic E-state index is 0.0178. The summed E-state index contributed by atoms with van der Waals surface area (Å²) in [6, 6.07) is 4.32. The van der Waals surface area contributed by atoms with Gasteiger partial charge >= 0.3 is 12.6 Å². The molecule has 0 amide bonds. The zero-order chi connectivity index (χ0) is 16.7. The molecule has 2 bridgehead atoms. The number of hydrogen-bond acceptors (Lipinski definition) is 5. The third kappa shape index (κ3) is 2.82. The quantitative estimate of drug-likeness (QED) is 0.868. The van der Waals surface area contributed by atoms with Crippen molar-refractivity contribution >= 4 is 16.9 Å². The number of aromatic amines is 1. The molecule has 2 aromatic rings. The summed E-state index contributed by atoms with van der Waals surface area (Å²) in [6.07, 6.45) is 1.93. The van der Waals surface area contributed by atoms with Crippen LogP contribution in [0.2, 0.25) is 0 Å². The lowest BCUT2D eigenvalue weighted by atomic mass is 9.86. The molecule has 3 aliphatic rings. The number of carbonyl (C=O) groups excluding carboxylic acids is 1. The lowest BCUT2D eigenvalue weighted by Gasteiger charge is -2.43. The van der Waals surface area contributed by atoms with Gasteiger partial charge in [0, 0.05) is 11.9 Å². The fraction of sp³-hybridized carbons (Fsp3) is 0.500. The lowest BCUT2D eigenvalue weighted by molar-refractivity contribution is -0.0497. The van der Waals surface area contributed by atoms with Gasteiger partial charge in [-0.3, -0.25) is 10.00 Å². The van der Waals surface area contributed by atoms with Crippen LogP contribution in [-0.4, -0.2) is 53.4 Å². The molecule has 3 fully saturated rings. The molecular formula is C16H17F2N3O3. The summed E-state index contributed by atoms with van der Waals surface area (Å²) >= 11 is 0. The van der Waals surface area contributed by atoms with Gasteiger partial charge in [-0.1, -0.05) is 0 Å². The van der Waals surface area contributed by atoms with E-state index in [9.17, 15) is 13.6 Å². The topological polar surface area (TPSA) is 67.5 Å².